The van der Waals surface area contributed by atoms with Gasteiger partial charge in [0.15, 0.2) is 4.32 Å². The van der Waals surface area contributed by atoms with Crippen molar-refractivity contribution in [1.82, 2.24) is 0 Å². The molecule has 0 atom stereocenters. The van der Waals surface area contributed by atoms with Gasteiger partial charge in [0.2, 0.25) is 0 Å². The number of carbonyl (C=O) groups excluding carboxylic acids is 1. The number of carboxylic acid groups (broad SMARTS) is 1. The Morgan fingerprint density at radius 1 is 1.09 bits per heavy atom. The van der Waals surface area contributed by atoms with Crippen LogP contribution in [-0.4, -0.2) is 21.3 Å². The lowest BCUT2D eigenvalue weighted by atomic mass is 10.1. The third kappa shape index (κ3) is 5.03. The molecule has 0 aromatic heterocycles. The SMILES string of the molecule is O=C(O)c1ccc(COc2ccc(/C=C3/SC(=S)N(c4ccccc4)C3=O)cc2I)cc1. The quantitative estimate of drug-likeness (QED) is 0.223. The second-order valence-corrected chi connectivity index (χ2v) is 9.67. The highest BCUT2D eigenvalue weighted by Gasteiger charge is 2.33. The minimum Gasteiger partial charge on any atom is -0.488 e. The second-order valence-electron chi connectivity index (χ2n) is 6.83. The van der Waals surface area contributed by atoms with Crippen molar-refractivity contribution < 1.29 is 19.4 Å². The fourth-order valence-corrected chi connectivity index (χ4v) is 5.04. The number of rotatable bonds is 6. The van der Waals surface area contributed by atoms with Gasteiger partial charge in [-0.15, -0.1) is 0 Å². The number of anilines is 1. The number of ether oxygens (including phenoxy) is 1. The molecule has 32 heavy (non-hydrogen) atoms. The number of thiocarbonyl (C=S) groups is 1. The Kier molecular flexibility index (Phi) is 6.92. The number of para-hydroxylation sites is 1. The third-order valence-electron chi connectivity index (χ3n) is 4.66. The number of hydrogen-bond acceptors (Lipinski definition) is 5. The van der Waals surface area contributed by atoms with E-state index in [-0.39, 0.29) is 11.5 Å². The Morgan fingerprint density at radius 2 is 1.81 bits per heavy atom. The fraction of sp³-hybridized carbons (Fsp3) is 0.0417. The summed E-state index contributed by atoms with van der Waals surface area (Å²) in [7, 11) is 0. The van der Waals surface area contributed by atoms with Gasteiger partial charge in [0.05, 0.1) is 19.7 Å². The first-order valence-electron chi connectivity index (χ1n) is 9.50. The zero-order valence-electron chi connectivity index (χ0n) is 16.5. The molecule has 0 bridgehead atoms. The zero-order valence-corrected chi connectivity index (χ0v) is 20.3. The molecule has 1 aliphatic rings. The molecular formula is C24H16INO4S2. The summed E-state index contributed by atoms with van der Waals surface area (Å²) in [5.41, 5.74) is 2.75. The van der Waals surface area contributed by atoms with E-state index in [0.717, 1.165) is 20.4 Å². The van der Waals surface area contributed by atoms with Crippen LogP contribution in [0.5, 0.6) is 5.75 Å². The molecule has 160 valence electrons. The first-order valence-corrected chi connectivity index (χ1v) is 11.8. The first-order chi connectivity index (χ1) is 15.4. The number of amides is 1. The van der Waals surface area contributed by atoms with Gasteiger partial charge in [0, 0.05) is 0 Å². The van der Waals surface area contributed by atoms with E-state index in [1.807, 2.05) is 54.6 Å². The molecule has 0 saturated carbocycles. The Balaban J connectivity index is 1.46. The maximum Gasteiger partial charge on any atom is 0.335 e. The highest BCUT2D eigenvalue weighted by Crippen LogP contribution is 2.36. The Morgan fingerprint density at radius 3 is 2.47 bits per heavy atom. The second kappa shape index (κ2) is 9.85. The van der Waals surface area contributed by atoms with Crippen LogP contribution in [0.3, 0.4) is 0 Å². The normalized spacial score (nSPS) is 14.8. The molecular weight excluding hydrogens is 557 g/mol. The number of carbonyl (C=O) groups is 2. The number of thioether (sulfide) groups is 1. The molecule has 5 nitrogen and oxygen atoms in total. The third-order valence-corrected chi connectivity index (χ3v) is 6.80. The summed E-state index contributed by atoms with van der Waals surface area (Å²) in [6, 6.07) is 21.6. The van der Waals surface area contributed by atoms with Crippen LogP contribution in [-0.2, 0) is 11.4 Å². The van der Waals surface area contributed by atoms with Crippen LogP contribution in [0.15, 0.2) is 77.7 Å². The van der Waals surface area contributed by atoms with Crippen molar-refractivity contribution >= 4 is 74.5 Å². The van der Waals surface area contributed by atoms with Crippen molar-refractivity contribution in [3.05, 3.63) is 98.0 Å². The lowest BCUT2D eigenvalue weighted by Crippen LogP contribution is -2.27. The standard InChI is InChI=1S/C24H16INO4S2/c25-19-12-16(8-11-20(19)30-14-15-6-9-17(10-7-15)23(28)29)13-21-22(27)26(24(31)32-21)18-4-2-1-3-5-18/h1-13H,14H2,(H,28,29)/b21-13+. The molecule has 1 aliphatic heterocycles. The molecule has 0 spiro atoms. The van der Waals surface area contributed by atoms with E-state index in [1.165, 1.54) is 11.8 Å². The van der Waals surface area contributed by atoms with Crippen LogP contribution in [0.1, 0.15) is 21.5 Å². The van der Waals surface area contributed by atoms with Crippen LogP contribution in [0.25, 0.3) is 6.08 Å². The van der Waals surface area contributed by atoms with Crippen LogP contribution in [0, 0.1) is 3.57 Å². The molecule has 1 saturated heterocycles. The summed E-state index contributed by atoms with van der Waals surface area (Å²) >= 11 is 8.89. The molecule has 1 fully saturated rings. The molecule has 1 heterocycles. The molecule has 0 aliphatic carbocycles. The number of halogens is 1. The summed E-state index contributed by atoms with van der Waals surface area (Å²) in [4.78, 5) is 26.0. The van der Waals surface area contributed by atoms with Gasteiger partial charge in [-0.05, 0) is 76.2 Å². The van der Waals surface area contributed by atoms with Crippen molar-refractivity contribution in [1.29, 1.82) is 0 Å². The summed E-state index contributed by atoms with van der Waals surface area (Å²) < 4.78 is 7.29. The van der Waals surface area contributed by atoms with Crippen LogP contribution >= 0.6 is 46.6 Å². The summed E-state index contributed by atoms with van der Waals surface area (Å²) in [6.07, 6.45) is 1.83. The number of aromatic carboxylic acids is 1. The van der Waals surface area contributed by atoms with Crippen molar-refractivity contribution in [2.75, 3.05) is 4.90 Å². The van der Waals surface area contributed by atoms with E-state index in [1.54, 1.807) is 29.2 Å². The van der Waals surface area contributed by atoms with Crippen molar-refractivity contribution in [2.24, 2.45) is 0 Å². The molecule has 3 aromatic carbocycles. The van der Waals surface area contributed by atoms with E-state index in [4.69, 9.17) is 22.1 Å². The minimum atomic E-state index is -0.955. The van der Waals surface area contributed by atoms with Crippen LogP contribution < -0.4 is 9.64 Å². The number of carboxylic acids is 1. The average molecular weight is 573 g/mol. The smallest absolute Gasteiger partial charge is 0.335 e. The molecule has 1 amide bonds. The van der Waals surface area contributed by atoms with E-state index in [9.17, 15) is 9.59 Å². The van der Waals surface area contributed by atoms with Gasteiger partial charge < -0.3 is 9.84 Å². The van der Waals surface area contributed by atoms with Gasteiger partial charge >= 0.3 is 5.97 Å². The van der Waals surface area contributed by atoms with Gasteiger partial charge in [0.1, 0.15) is 12.4 Å². The van der Waals surface area contributed by atoms with Crippen LogP contribution in [0.4, 0.5) is 5.69 Å². The lowest BCUT2D eigenvalue weighted by molar-refractivity contribution is -0.113. The molecule has 0 radical (unpaired) electrons. The maximum absolute atomic E-state index is 12.9. The molecule has 4 rings (SSSR count). The summed E-state index contributed by atoms with van der Waals surface area (Å²) in [5, 5.41) is 8.98. The Hall–Kier alpha value is -2.69. The van der Waals surface area contributed by atoms with Gasteiger partial charge in [-0.1, -0.05) is 60.4 Å². The maximum atomic E-state index is 12.9. The Labute approximate surface area is 208 Å². The number of benzene rings is 3. The predicted octanol–water partition coefficient (Wildman–Crippen LogP) is 5.97. The molecule has 3 aromatic rings. The highest BCUT2D eigenvalue weighted by molar-refractivity contribution is 14.1. The highest BCUT2D eigenvalue weighted by atomic mass is 127. The van der Waals surface area contributed by atoms with Crippen molar-refractivity contribution in [3.63, 3.8) is 0 Å². The number of hydrogen-bond donors (Lipinski definition) is 1. The molecule has 8 heteroatoms. The van der Waals surface area contributed by atoms with E-state index < -0.39 is 5.97 Å². The monoisotopic (exact) mass is 573 g/mol. The van der Waals surface area contributed by atoms with Crippen LogP contribution in [0.2, 0.25) is 0 Å². The van der Waals surface area contributed by atoms with Crippen molar-refractivity contribution in [3.8, 4) is 5.75 Å². The molecule has 1 N–H and O–H groups in total. The summed E-state index contributed by atoms with van der Waals surface area (Å²) in [6.45, 7) is 0.324. The zero-order chi connectivity index (χ0) is 22.7. The summed E-state index contributed by atoms with van der Waals surface area (Å²) in [5.74, 6) is -0.378. The van der Waals surface area contributed by atoms with Gasteiger partial charge in [-0.25, -0.2) is 4.79 Å². The topological polar surface area (TPSA) is 66.8 Å². The average Bonchev–Trinajstić information content (AvgIpc) is 3.06. The van der Waals surface area contributed by atoms with E-state index >= 15 is 0 Å². The van der Waals surface area contributed by atoms with Gasteiger partial charge in [0.25, 0.3) is 5.91 Å². The van der Waals surface area contributed by atoms with Crippen molar-refractivity contribution in [2.45, 2.75) is 6.61 Å². The van der Waals surface area contributed by atoms with Gasteiger partial charge in [-0.2, -0.15) is 0 Å². The predicted molar refractivity (Wildman–Crippen MR) is 139 cm³/mol. The fourth-order valence-electron chi connectivity index (χ4n) is 3.05. The minimum absolute atomic E-state index is 0.133. The molecule has 0 unspecified atom stereocenters. The van der Waals surface area contributed by atoms with E-state index in [2.05, 4.69) is 22.6 Å². The largest absolute Gasteiger partial charge is 0.488 e. The Bertz CT molecular complexity index is 1230. The first kappa shape index (κ1) is 22.5. The van der Waals surface area contributed by atoms with Gasteiger partial charge in [-0.3, -0.25) is 9.69 Å². The lowest BCUT2D eigenvalue weighted by Gasteiger charge is -2.13. The van der Waals surface area contributed by atoms with E-state index in [0.29, 0.717) is 21.6 Å². The number of nitrogens with zero attached hydrogens (tertiary/aromatic N) is 1.